The Labute approximate surface area is 183 Å². The number of aromatic nitrogens is 1. The van der Waals surface area contributed by atoms with E-state index in [1.807, 2.05) is 51.1 Å². The van der Waals surface area contributed by atoms with Gasteiger partial charge in [0.2, 0.25) is 0 Å². The van der Waals surface area contributed by atoms with Gasteiger partial charge in [-0.05, 0) is 55.9 Å². The monoisotopic (exact) mass is 416 g/mol. The largest absolute Gasteiger partial charge is 0.459 e. The maximum atomic E-state index is 13.5. The van der Waals surface area contributed by atoms with E-state index in [-0.39, 0.29) is 23.8 Å². The summed E-state index contributed by atoms with van der Waals surface area (Å²) in [6.07, 6.45) is 5.11. The molecule has 0 saturated heterocycles. The number of ether oxygens (including phenoxy) is 1. The van der Waals surface area contributed by atoms with Gasteiger partial charge in [-0.25, -0.2) is 4.79 Å². The molecule has 0 radical (unpaired) electrons. The molecule has 2 heterocycles. The normalized spacial score (nSPS) is 22.0. The van der Waals surface area contributed by atoms with Crippen molar-refractivity contribution < 1.29 is 14.3 Å². The number of nitrogens with zero attached hydrogens (tertiary/aromatic N) is 1. The number of hydrogen-bond donors (Lipinski definition) is 1. The van der Waals surface area contributed by atoms with Gasteiger partial charge in [0.05, 0.1) is 11.7 Å². The van der Waals surface area contributed by atoms with Crippen molar-refractivity contribution in [3.05, 3.63) is 88.5 Å². The fraction of sp³-hybridized carbons (Fsp3) is 0.346. The second kappa shape index (κ2) is 8.88. The first-order valence-electron chi connectivity index (χ1n) is 10.9. The molecule has 5 nitrogen and oxygen atoms in total. The Hall–Kier alpha value is -3.21. The highest BCUT2D eigenvalue weighted by molar-refractivity contribution is 6.04. The van der Waals surface area contributed by atoms with Crippen molar-refractivity contribution in [2.75, 3.05) is 0 Å². The summed E-state index contributed by atoms with van der Waals surface area (Å²) >= 11 is 0. The average Bonchev–Trinajstić information content (AvgIpc) is 2.79. The first-order valence-corrected chi connectivity index (χ1v) is 10.9. The quantitative estimate of drug-likeness (QED) is 0.710. The predicted octanol–water partition coefficient (Wildman–Crippen LogP) is 4.78. The number of benzene rings is 1. The smallest absolute Gasteiger partial charge is 0.337 e. The number of carbonyl (C=O) groups is 2. The zero-order valence-corrected chi connectivity index (χ0v) is 18.2. The van der Waals surface area contributed by atoms with Crippen LogP contribution >= 0.6 is 0 Å². The predicted molar refractivity (Wildman–Crippen MR) is 119 cm³/mol. The number of carbonyl (C=O) groups excluding carboxylic acids is 2. The van der Waals surface area contributed by atoms with Crippen LogP contribution in [0.1, 0.15) is 63.0 Å². The van der Waals surface area contributed by atoms with Crippen LogP contribution in [0.4, 0.5) is 0 Å². The number of allylic oxidation sites excluding steroid dienone is 3. The van der Waals surface area contributed by atoms with E-state index in [1.54, 1.807) is 12.4 Å². The molecule has 0 bridgehead atoms. The molecular weight excluding hydrogens is 388 g/mol. The van der Waals surface area contributed by atoms with Gasteiger partial charge in [0.25, 0.3) is 0 Å². The van der Waals surface area contributed by atoms with Crippen molar-refractivity contribution in [3.8, 4) is 0 Å². The van der Waals surface area contributed by atoms with Crippen molar-refractivity contribution in [2.45, 2.75) is 58.0 Å². The minimum absolute atomic E-state index is 0.0748. The van der Waals surface area contributed by atoms with E-state index in [0.717, 1.165) is 35.4 Å². The number of dihydropyridines is 1. The highest BCUT2D eigenvalue weighted by Gasteiger charge is 2.41. The number of pyridine rings is 1. The molecule has 4 rings (SSSR count). The number of Topliss-reactive ketones (excluding diaryl/α,β-unsaturated/α-hetero) is 1. The molecule has 1 aromatic heterocycles. The third kappa shape index (κ3) is 4.18. The molecule has 0 fully saturated rings. The Morgan fingerprint density at radius 1 is 1.13 bits per heavy atom. The molecule has 2 aliphatic rings. The third-order valence-electron chi connectivity index (χ3n) is 6.24. The van der Waals surface area contributed by atoms with Gasteiger partial charge in [0.1, 0.15) is 0 Å². The standard InChI is InChI=1S/C26H28N2O3/c1-4-16(2)31-26(30)23-17(3)28-21-14-20(18-8-6-5-7-9-18)15-22(29)25(21)24(23)19-10-12-27-13-11-19/h5-13,16,20,24,28H,4,14-15H2,1-3H3/t16-,20+,24-/m0/s1. The van der Waals surface area contributed by atoms with Crippen LogP contribution in [0.25, 0.3) is 0 Å². The summed E-state index contributed by atoms with van der Waals surface area (Å²) in [7, 11) is 0. The zero-order valence-electron chi connectivity index (χ0n) is 18.2. The summed E-state index contributed by atoms with van der Waals surface area (Å²) in [6.45, 7) is 5.75. The molecule has 0 amide bonds. The van der Waals surface area contributed by atoms with Crippen LogP contribution in [0.5, 0.6) is 0 Å². The number of rotatable bonds is 5. The van der Waals surface area contributed by atoms with Crippen LogP contribution in [0.15, 0.2) is 77.4 Å². The SMILES string of the molecule is CC[C@H](C)OC(=O)C1=C(C)NC2=C(C(=O)C[C@H](c3ccccc3)C2)[C@H]1c1ccncc1. The molecule has 0 unspecified atom stereocenters. The molecule has 1 aliphatic carbocycles. The molecule has 160 valence electrons. The van der Waals surface area contributed by atoms with Gasteiger partial charge >= 0.3 is 5.97 Å². The molecule has 31 heavy (non-hydrogen) atoms. The van der Waals surface area contributed by atoms with Gasteiger partial charge in [0.15, 0.2) is 5.78 Å². The minimum Gasteiger partial charge on any atom is -0.459 e. The number of nitrogens with one attached hydrogen (secondary N) is 1. The molecule has 0 spiro atoms. The zero-order chi connectivity index (χ0) is 22.0. The van der Waals surface area contributed by atoms with Crippen molar-refractivity contribution >= 4 is 11.8 Å². The van der Waals surface area contributed by atoms with Crippen LogP contribution in [0.3, 0.4) is 0 Å². The van der Waals surface area contributed by atoms with Crippen molar-refractivity contribution in [3.63, 3.8) is 0 Å². The highest BCUT2D eigenvalue weighted by atomic mass is 16.5. The van der Waals surface area contributed by atoms with E-state index in [4.69, 9.17) is 4.74 Å². The van der Waals surface area contributed by atoms with Crippen LogP contribution < -0.4 is 5.32 Å². The second-order valence-corrected chi connectivity index (χ2v) is 8.33. The lowest BCUT2D eigenvalue weighted by molar-refractivity contribution is -0.144. The number of ketones is 1. The molecule has 1 aliphatic heterocycles. The summed E-state index contributed by atoms with van der Waals surface area (Å²) in [5, 5.41) is 3.39. The van der Waals surface area contributed by atoms with Crippen LogP contribution in [0.2, 0.25) is 0 Å². The minimum atomic E-state index is -0.444. The maximum Gasteiger partial charge on any atom is 0.337 e. The fourth-order valence-corrected chi connectivity index (χ4v) is 4.49. The van der Waals surface area contributed by atoms with Crippen molar-refractivity contribution in [2.24, 2.45) is 0 Å². The fourth-order valence-electron chi connectivity index (χ4n) is 4.49. The molecule has 1 N–H and O–H groups in total. The summed E-state index contributed by atoms with van der Waals surface area (Å²) in [6, 6.07) is 13.9. The van der Waals surface area contributed by atoms with Crippen molar-refractivity contribution in [1.29, 1.82) is 0 Å². The van der Waals surface area contributed by atoms with Gasteiger partial charge in [0, 0.05) is 41.7 Å². The lowest BCUT2D eigenvalue weighted by Gasteiger charge is -2.37. The summed E-state index contributed by atoms with van der Waals surface area (Å²) in [4.78, 5) is 30.7. The second-order valence-electron chi connectivity index (χ2n) is 8.33. The maximum absolute atomic E-state index is 13.5. The number of esters is 1. The highest BCUT2D eigenvalue weighted by Crippen LogP contribution is 2.45. The summed E-state index contributed by atoms with van der Waals surface area (Å²) in [5.41, 5.74) is 4.89. The molecule has 3 atom stereocenters. The number of hydrogen-bond acceptors (Lipinski definition) is 5. The van der Waals surface area contributed by atoms with E-state index in [1.165, 1.54) is 0 Å². The molecule has 5 heteroatoms. The van der Waals surface area contributed by atoms with Crippen molar-refractivity contribution in [1.82, 2.24) is 10.3 Å². The Kier molecular flexibility index (Phi) is 6.03. The molecule has 1 aromatic carbocycles. The Bertz CT molecular complexity index is 1040. The lowest BCUT2D eigenvalue weighted by Crippen LogP contribution is -2.36. The Balaban J connectivity index is 1.76. The van der Waals surface area contributed by atoms with E-state index < -0.39 is 5.92 Å². The Morgan fingerprint density at radius 3 is 2.52 bits per heavy atom. The van der Waals surface area contributed by atoms with Gasteiger partial charge in [-0.2, -0.15) is 0 Å². The van der Waals surface area contributed by atoms with E-state index in [2.05, 4.69) is 22.4 Å². The third-order valence-corrected chi connectivity index (χ3v) is 6.24. The van der Waals surface area contributed by atoms with Crippen LogP contribution in [-0.2, 0) is 14.3 Å². The van der Waals surface area contributed by atoms with Gasteiger partial charge in [-0.15, -0.1) is 0 Å². The Morgan fingerprint density at radius 2 is 1.84 bits per heavy atom. The summed E-state index contributed by atoms with van der Waals surface area (Å²) in [5.74, 6) is -0.615. The molecular formula is C26H28N2O3. The van der Waals surface area contributed by atoms with Gasteiger partial charge < -0.3 is 10.1 Å². The summed E-state index contributed by atoms with van der Waals surface area (Å²) < 4.78 is 5.68. The molecule has 2 aromatic rings. The lowest BCUT2D eigenvalue weighted by atomic mass is 9.72. The van der Waals surface area contributed by atoms with Crippen LogP contribution in [0, 0.1) is 0 Å². The first kappa shape index (κ1) is 21.0. The van der Waals surface area contributed by atoms with Gasteiger partial charge in [-0.1, -0.05) is 37.3 Å². The van der Waals surface area contributed by atoms with Crippen LogP contribution in [-0.4, -0.2) is 22.8 Å². The van der Waals surface area contributed by atoms with E-state index >= 15 is 0 Å². The van der Waals surface area contributed by atoms with Gasteiger partial charge in [-0.3, -0.25) is 9.78 Å². The van der Waals surface area contributed by atoms with E-state index in [0.29, 0.717) is 17.6 Å². The van der Waals surface area contributed by atoms with E-state index in [9.17, 15) is 9.59 Å². The first-order chi connectivity index (χ1) is 15.0. The average molecular weight is 417 g/mol. The molecule has 0 saturated carbocycles. The topological polar surface area (TPSA) is 68.3 Å².